The van der Waals surface area contributed by atoms with Gasteiger partial charge in [0.1, 0.15) is 11.5 Å². The van der Waals surface area contributed by atoms with Crippen molar-refractivity contribution in [2.45, 2.75) is 20.0 Å². The Labute approximate surface area is 177 Å². The topological polar surface area (TPSA) is 108 Å². The van der Waals surface area contributed by atoms with E-state index in [2.05, 4.69) is 20.4 Å². The molecule has 0 spiro atoms. The fraction of sp³-hybridized carbons (Fsp3) is 0.136. The second kappa shape index (κ2) is 8.62. The second-order valence-corrected chi connectivity index (χ2v) is 6.71. The van der Waals surface area contributed by atoms with Gasteiger partial charge in [-0.1, -0.05) is 18.2 Å². The van der Waals surface area contributed by atoms with Gasteiger partial charge < -0.3 is 14.8 Å². The third-order valence-corrected chi connectivity index (χ3v) is 4.37. The van der Waals surface area contributed by atoms with Gasteiger partial charge in [-0.3, -0.25) is 4.79 Å². The molecule has 0 saturated carbocycles. The van der Waals surface area contributed by atoms with E-state index in [9.17, 15) is 9.59 Å². The number of rotatable bonds is 6. The lowest BCUT2D eigenvalue weighted by Crippen LogP contribution is -2.30. The van der Waals surface area contributed by atoms with E-state index in [0.717, 1.165) is 5.69 Å². The number of esters is 1. The minimum Gasteiger partial charge on any atom is -0.457 e. The van der Waals surface area contributed by atoms with Crippen LogP contribution in [0.3, 0.4) is 0 Å². The highest BCUT2D eigenvalue weighted by Crippen LogP contribution is 2.22. The van der Waals surface area contributed by atoms with Gasteiger partial charge in [-0.2, -0.15) is 4.98 Å². The molecule has 0 unspecified atom stereocenters. The van der Waals surface area contributed by atoms with E-state index in [1.807, 2.05) is 37.3 Å². The molecule has 0 radical (unpaired) electrons. The molecule has 0 aliphatic carbocycles. The molecule has 0 aliphatic heterocycles. The van der Waals surface area contributed by atoms with E-state index in [-0.39, 0.29) is 11.6 Å². The number of aryl methyl sites for hydroxylation is 1. The third kappa shape index (κ3) is 4.67. The summed E-state index contributed by atoms with van der Waals surface area (Å²) >= 11 is 0. The minimum absolute atomic E-state index is 0.163. The molecule has 1 atom stereocenters. The number of aromatic nitrogens is 4. The Balaban J connectivity index is 1.35. The molecule has 4 rings (SSSR count). The monoisotopic (exact) mass is 417 g/mol. The molecule has 4 aromatic rings. The van der Waals surface area contributed by atoms with Gasteiger partial charge >= 0.3 is 5.97 Å². The van der Waals surface area contributed by atoms with Gasteiger partial charge in [-0.05, 0) is 56.3 Å². The molecule has 2 heterocycles. The maximum absolute atomic E-state index is 12.4. The third-order valence-electron chi connectivity index (χ3n) is 4.37. The summed E-state index contributed by atoms with van der Waals surface area (Å²) in [5.41, 5.74) is 1.31. The van der Waals surface area contributed by atoms with Gasteiger partial charge in [-0.25, -0.2) is 14.3 Å². The lowest BCUT2D eigenvalue weighted by molar-refractivity contribution is -0.123. The molecule has 31 heavy (non-hydrogen) atoms. The van der Waals surface area contributed by atoms with Crippen molar-refractivity contribution in [3.63, 3.8) is 0 Å². The summed E-state index contributed by atoms with van der Waals surface area (Å²) in [6.07, 6.45) is 0.522. The molecular weight excluding hydrogens is 398 g/mol. The summed E-state index contributed by atoms with van der Waals surface area (Å²) in [7, 11) is 0. The minimum atomic E-state index is -1.05. The molecule has 9 nitrogen and oxygen atoms in total. The molecular formula is C22H19N5O4. The summed E-state index contributed by atoms with van der Waals surface area (Å²) in [4.78, 5) is 32.8. The number of ether oxygens (including phenoxy) is 2. The van der Waals surface area contributed by atoms with E-state index in [1.54, 1.807) is 36.5 Å². The Bertz CT molecular complexity index is 1220. The SMILES string of the molecule is Cc1ccnc2nc(C(=O)O[C@@H](C)C(=O)Nc3ccc(Oc4ccccc4)cc3)nn12. The smallest absolute Gasteiger partial charge is 0.379 e. The molecule has 2 aromatic heterocycles. The molecule has 0 fully saturated rings. The van der Waals surface area contributed by atoms with Crippen molar-refractivity contribution in [3.8, 4) is 11.5 Å². The van der Waals surface area contributed by atoms with Crippen LogP contribution in [0.2, 0.25) is 0 Å². The van der Waals surface area contributed by atoms with Crippen LogP contribution < -0.4 is 10.1 Å². The van der Waals surface area contributed by atoms with E-state index in [4.69, 9.17) is 9.47 Å². The van der Waals surface area contributed by atoms with Crippen molar-refractivity contribution in [3.05, 3.63) is 78.4 Å². The fourth-order valence-electron chi connectivity index (χ4n) is 2.73. The van der Waals surface area contributed by atoms with Crippen molar-refractivity contribution in [1.82, 2.24) is 19.6 Å². The molecule has 156 valence electrons. The maximum Gasteiger partial charge on any atom is 0.379 e. The van der Waals surface area contributed by atoms with Crippen LogP contribution in [0.25, 0.3) is 5.78 Å². The largest absolute Gasteiger partial charge is 0.457 e. The summed E-state index contributed by atoms with van der Waals surface area (Å²) in [5.74, 6) is 0.171. The number of hydrogen-bond donors (Lipinski definition) is 1. The lowest BCUT2D eigenvalue weighted by atomic mass is 10.2. The molecule has 1 N–H and O–H groups in total. The average Bonchev–Trinajstić information content (AvgIpc) is 3.22. The number of fused-ring (bicyclic) bond motifs is 1. The van der Waals surface area contributed by atoms with Crippen molar-refractivity contribution < 1.29 is 19.1 Å². The van der Waals surface area contributed by atoms with Crippen LogP contribution in [0.1, 0.15) is 23.2 Å². The van der Waals surface area contributed by atoms with Crippen molar-refractivity contribution in [2.75, 3.05) is 5.32 Å². The quantitative estimate of drug-likeness (QED) is 0.479. The number of hydrogen-bond acceptors (Lipinski definition) is 7. The first-order valence-electron chi connectivity index (χ1n) is 9.53. The number of carbonyl (C=O) groups is 2. The van der Waals surface area contributed by atoms with Crippen LogP contribution in [0.5, 0.6) is 11.5 Å². The number of amides is 1. The molecule has 0 bridgehead atoms. The summed E-state index contributed by atoms with van der Waals surface area (Å²) < 4.78 is 12.3. The molecule has 2 aromatic carbocycles. The number of benzene rings is 2. The molecule has 0 aliphatic rings. The predicted molar refractivity (Wildman–Crippen MR) is 112 cm³/mol. The zero-order valence-electron chi connectivity index (χ0n) is 16.9. The Morgan fingerprint density at radius 3 is 2.42 bits per heavy atom. The van der Waals surface area contributed by atoms with Crippen LogP contribution in [0.4, 0.5) is 5.69 Å². The van der Waals surface area contributed by atoms with Gasteiger partial charge in [0.2, 0.25) is 0 Å². The highest BCUT2D eigenvalue weighted by atomic mass is 16.5. The Morgan fingerprint density at radius 1 is 1.00 bits per heavy atom. The molecule has 9 heteroatoms. The van der Waals surface area contributed by atoms with E-state index in [0.29, 0.717) is 17.2 Å². The maximum atomic E-state index is 12.4. The summed E-state index contributed by atoms with van der Waals surface area (Å²) in [6, 6.07) is 18.0. The van der Waals surface area contributed by atoms with Crippen LogP contribution in [0.15, 0.2) is 66.9 Å². The van der Waals surface area contributed by atoms with Crippen LogP contribution >= 0.6 is 0 Å². The Hall–Kier alpha value is -4.27. The van der Waals surface area contributed by atoms with Crippen LogP contribution in [-0.2, 0) is 9.53 Å². The van der Waals surface area contributed by atoms with E-state index in [1.165, 1.54) is 11.4 Å². The van der Waals surface area contributed by atoms with Crippen molar-refractivity contribution in [2.24, 2.45) is 0 Å². The first-order chi connectivity index (χ1) is 15.0. The fourth-order valence-corrected chi connectivity index (χ4v) is 2.73. The van der Waals surface area contributed by atoms with Gasteiger partial charge in [0.15, 0.2) is 6.10 Å². The molecule has 0 saturated heterocycles. The van der Waals surface area contributed by atoms with Gasteiger partial charge in [0.05, 0.1) is 0 Å². The summed E-state index contributed by atoms with van der Waals surface area (Å²) in [6.45, 7) is 3.28. The highest BCUT2D eigenvalue weighted by Gasteiger charge is 2.22. The molecule has 1 amide bonds. The van der Waals surface area contributed by atoms with Crippen molar-refractivity contribution >= 4 is 23.3 Å². The average molecular weight is 417 g/mol. The number of nitrogens with one attached hydrogen (secondary N) is 1. The standard InChI is InChI=1S/C22H19N5O4/c1-14-12-13-23-22-25-19(26-27(14)22)21(29)30-15(2)20(28)24-16-8-10-18(11-9-16)31-17-6-4-3-5-7-17/h3-13,15H,1-2H3,(H,24,28)/t15-/m0/s1. The van der Waals surface area contributed by atoms with Gasteiger partial charge in [0.25, 0.3) is 17.5 Å². The highest BCUT2D eigenvalue weighted by molar-refractivity contribution is 5.96. The van der Waals surface area contributed by atoms with Crippen LogP contribution in [-0.4, -0.2) is 37.6 Å². The van der Waals surface area contributed by atoms with Gasteiger partial charge in [-0.15, -0.1) is 5.10 Å². The first kappa shape index (κ1) is 20.0. The second-order valence-electron chi connectivity index (χ2n) is 6.71. The first-order valence-corrected chi connectivity index (χ1v) is 9.53. The van der Waals surface area contributed by atoms with Crippen molar-refractivity contribution in [1.29, 1.82) is 0 Å². The number of carbonyl (C=O) groups excluding carboxylic acids is 2. The number of anilines is 1. The zero-order chi connectivity index (χ0) is 21.8. The van der Waals surface area contributed by atoms with E-state index < -0.39 is 18.0 Å². The number of para-hydroxylation sites is 1. The Kier molecular flexibility index (Phi) is 5.57. The Morgan fingerprint density at radius 2 is 1.71 bits per heavy atom. The lowest BCUT2D eigenvalue weighted by Gasteiger charge is -2.13. The normalized spacial score (nSPS) is 11.7. The zero-order valence-corrected chi connectivity index (χ0v) is 16.9. The van der Waals surface area contributed by atoms with Crippen LogP contribution in [0, 0.1) is 6.92 Å². The summed E-state index contributed by atoms with van der Waals surface area (Å²) in [5, 5.41) is 6.77. The number of nitrogens with zero attached hydrogens (tertiary/aromatic N) is 4. The van der Waals surface area contributed by atoms with E-state index >= 15 is 0 Å². The van der Waals surface area contributed by atoms with Gasteiger partial charge in [0, 0.05) is 17.6 Å². The predicted octanol–water partition coefficient (Wildman–Crippen LogP) is 3.41.